The van der Waals surface area contributed by atoms with Gasteiger partial charge in [-0.1, -0.05) is 0 Å². The lowest BCUT2D eigenvalue weighted by Gasteiger charge is -2.29. The Hall–Kier alpha value is -0.130. The molecule has 0 aromatic heterocycles. The third-order valence-electron chi connectivity index (χ3n) is 3.66. The maximum absolute atomic E-state index is 11.3. The molecule has 0 radical (unpaired) electrons. The molecule has 16 heavy (non-hydrogen) atoms. The highest BCUT2D eigenvalue weighted by Crippen LogP contribution is 2.25. The average molecular weight is 247 g/mol. The molecule has 1 saturated heterocycles. The Kier molecular flexibility index (Phi) is 3.87. The Morgan fingerprint density at radius 1 is 1.06 bits per heavy atom. The van der Waals surface area contributed by atoms with E-state index in [9.17, 15) is 8.42 Å². The second-order valence-electron chi connectivity index (χ2n) is 4.92. The van der Waals surface area contributed by atoms with Crippen molar-refractivity contribution in [2.24, 2.45) is 0 Å². The first kappa shape index (κ1) is 12.3. The third kappa shape index (κ3) is 3.18. The molecule has 0 aromatic rings. The van der Waals surface area contributed by atoms with Gasteiger partial charge in [-0.05, 0) is 39.2 Å². The van der Waals surface area contributed by atoms with Gasteiger partial charge < -0.3 is 10.1 Å². The van der Waals surface area contributed by atoms with Crippen molar-refractivity contribution in [1.82, 2.24) is 5.32 Å². The third-order valence-corrected chi connectivity index (χ3v) is 5.40. The van der Waals surface area contributed by atoms with E-state index >= 15 is 0 Å². The molecule has 5 heteroatoms. The van der Waals surface area contributed by atoms with E-state index in [2.05, 4.69) is 5.32 Å². The van der Waals surface area contributed by atoms with Crippen molar-refractivity contribution in [3.8, 4) is 0 Å². The molecule has 94 valence electrons. The smallest absolute Gasteiger partial charge is 0.152 e. The van der Waals surface area contributed by atoms with Crippen molar-refractivity contribution < 1.29 is 13.2 Å². The Morgan fingerprint density at radius 3 is 2.25 bits per heavy atom. The summed E-state index contributed by atoms with van der Waals surface area (Å²) < 4.78 is 28.5. The lowest BCUT2D eigenvalue weighted by Crippen LogP contribution is -2.34. The van der Waals surface area contributed by atoms with Crippen LogP contribution in [0.2, 0.25) is 0 Å². The molecule has 0 amide bonds. The van der Waals surface area contributed by atoms with Gasteiger partial charge in [-0.25, -0.2) is 8.42 Å². The minimum Gasteiger partial charge on any atom is -0.374 e. The maximum Gasteiger partial charge on any atom is 0.152 e. The van der Waals surface area contributed by atoms with Gasteiger partial charge in [0, 0.05) is 6.04 Å². The van der Waals surface area contributed by atoms with Crippen molar-refractivity contribution >= 4 is 9.84 Å². The van der Waals surface area contributed by atoms with Gasteiger partial charge in [-0.15, -0.1) is 0 Å². The first-order chi connectivity index (χ1) is 7.59. The molecule has 0 spiro atoms. The van der Waals surface area contributed by atoms with Crippen molar-refractivity contribution in [2.75, 3.05) is 18.6 Å². The van der Waals surface area contributed by atoms with Gasteiger partial charge in [0.2, 0.25) is 0 Å². The molecule has 0 bridgehead atoms. The van der Waals surface area contributed by atoms with Crippen LogP contribution in [0.15, 0.2) is 0 Å². The fourth-order valence-electron chi connectivity index (χ4n) is 2.63. The molecule has 1 atom stereocenters. The molecule has 2 rings (SSSR count). The second kappa shape index (κ2) is 5.02. The van der Waals surface area contributed by atoms with Gasteiger partial charge in [0.05, 0.1) is 23.7 Å². The number of ether oxygens (including phenoxy) is 1. The van der Waals surface area contributed by atoms with Crippen LogP contribution in [0, 0.1) is 0 Å². The van der Waals surface area contributed by atoms with E-state index in [0.717, 1.165) is 25.7 Å². The van der Waals surface area contributed by atoms with Crippen LogP contribution in [0.3, 0.4) is 0 Å². The molecule has 1 heterocycles. The molecule has 1 unspecified atom stereocenters. The first-order valence-electron chi connectivity index (χ1n) is 6.12. The van der Waals surface area contributed by atoms with Gasteiger partial charge >= 0.3 is 0 Å². The summed E-state index contributed by atoms with van der Waals surface area (Å²) in [7, 11) is -0.804. The van der Waals surface area contributed by atoms with Gasteiger partial charge in [0.25, 0.3) is 0 Å². The lowest BCUT2D eigenvalue weighted by atomic mass is 9.93. The number of nitrogens with one attached hydrogen (secondary N) is 1. The topological polar surface area (TPSA) is 55.4 Å². The minimum absolute atomic E-state index is 0.0406. The molecular formula is C11H21NO3S. The zero-order valence-corrected chi connectivity index (χ0v) is 10.6. The van der Waals surface area contributed by atoms with Crippen molar-refractivity contribution in [2.45, 2.75) is 50.4 Å². The number of rotatable bonds is 3. The number of hydrogen-bond donors (Lipinski definition) is 1. The molecule has 1 aliphatic carbocycles. The second-order valence-corrected chi connectivity index (χ2v) is 7.15. The summed E-state index contributed by atoms with van der Waals surface area (Å²) in [5.74, 6) is 0.544. The van der Waals surface area contributed by atoms with Crippen LogP contribution in [-0.4, -0.2) is 45.2 Å². The molecule has 1 aliphatic heterocycles. The molecule has 2 aliphatic rings. The predicted octanol–water partition coefficient (Wildman–Crippen LogP) is 0.721. The van der Waals surface area contributed by atoms with Crippen molar-refractivity contribution in [1.29, 1.82) is 0 Å². The van der Waals surface area contributed by atoms with Crippen LogP contribution in [0.4, 0.5) is 0 Å². The van der Waals surface area contributed by atoms with Crippen molar-refractivity contribution in [3.63, 3.8) is 0 Å². The summed E-state index contributed by atoms with van der Waals surface area (Å²) >= 11 is 0. The summed E-state index contributed by atoms with van der Waals surface area (Å²) in [6.07, 6.45) is 5.32. The van der Waals surface area contributed by atoms with Crippen LogP contribution in [-0.2, 0) is 14.6 Å². The van der Waals surface area contributed by atoms with E-state index < -0.39 is 9.84 Å². The fourth-order valence-corrected chi connectivity index (χ4v) is 4.23. The van der Waals surface area contributed by atoms with Gasteiger partial charge in [0.15, 0.2) is 9.84 Å². The highest BCUT2D eigenvalue weighted by molar-refractivity contribution is 7.91. The maximum atomic E-state index is 11.3. The molecule has 4 nitrogen and oxygen atoms in total. The molecule has 0 aromatic carbocycles. The first-order valence-corrected chi connectivity index (χ1v) is 7.94. The van der Waals surface area contributed by atoms with E-state index in [1.165, 1.54) is 0 Å². The van der Waals surface area contributed by atoms with Crippen LogP contribution >= 0.6 is 0 Å². The highest BCUT2D eigenvalue weighted by atomic mass is 32.2. The Labute approximate surface area is 97.7 Å². The van der Waals surface area contributed by atoms with Crippen LogP contribution in [0.5, 0.6) is 0 Å². The van der Waals surface area contributed by atoms with E-state index in [1.54, 1.807) is 0 Å². The molecule has 1 saturated carbocycles. The Morgan fingerprint density at radius 2 is 1.75 bits per heavy atom. The summed E-state index contributed by atoms with van der Waals surface area (Å²) in [4.78, 5) is 0. The van der Waals surface area contributed by atoms with Gasteiger partial charge in [-0.2, -0.15) is 0 Å². The fraction of sp³-hybridized carbons (Fsp3) is 1.00. The largest absolute Gasteiger partial charge is 0.374 e. The van der Waals surface area contributed by atoms with Crippen molar-refractivity contribution in [3.05, 3.63) is 0 Å². The average Bonchev–Trinajstić information content (AvgIpc) is 2.59. The van der Waals surface area contributed by atoms with E-state index in [-0.39, 0.29) is 18.0 Å². The summed E-state index contributed by atoms with van der Waals surface area (Å²) in [6, 6.07) is 0.618. The van der Waals surface area contributed by atoms with Crippen LogP contribution < -0.4 is 5.32 Å². The molecule has 1 N–H and O–H groups in total. The Balaban J connectivity index is 1.75. The quantitative estimate of drug-likeness (QED) is 0.798. The minimum atomic E-state index is -2.80. The zero-order chi connectivity index (χ0) is 11.6. The predicted molar refractivity (Wildman–Crippen MR) is 63.2 cm³/mol. The SMILES string of the molecule is CNC1CCC(OC2CCS(=O)(=O)C2)CC1. The van der Waals surface area contributed by atoms with Crippen LogP contribution in [0.1, 0.15) is 32.1 Å². The molecular weight excluding hydrogens is 226 g/mol. The van der Waals surface area contributed by atoms with E-state index in [4.69, 9.17) is 4.74 Å². The summed E-state index contributed by atoms with van der Waals surface area (Å²) in [5, 5.41) is 3.28. The monoisotopic (exact) mass is 247 g/mol. The Bertz CT molecular complexity index is 320. The van der Waals surface area contributed by atoms with Gasteiger partial charge in [-0.3, -0.25) is 0 Å². The highest BCUT2D eigenvalue weighted by Gasteiger charge is 2.31. The summed E-state index contributed by atoms with van der Waals surface area (Å²) in [5.41, 5.74) is 0. The summed E-state index contributed by atoms with van der Waals surface area (Å²) in [6.45, 7) is 0. The number of hydrogen-bond acceptors (Lipinski definition) is 4. The van der Waals surface area contributed by atoms with Crippen LogP contribution in [0.25, 0.3) is 0 Å². The normalized spacial score (nSPS) is 38.7. The molecule has 2 fully saturated rings. The number of sulfone groups is 1. The van der Waals surface area contributed by atoms with E-state index in [1.807, 2.05) is 7.05 Å². The zero-order valence-electron chi connectivity index (χ0n) is 9.81. The lowest BCUT2D eigenvalue weighted by molar-refractivity contribution is -0.0207. The van der Waals surface area contributed by atoms with E-state index in [0.29, 0.717) is 18.2 Å². The standard InChI is InChI=1S/C11H21NO3S/c1-12-9-2-4-10(5-3-9)15-11-6-7-16(13,14)8-11/h9-12H,2-8H2,1H3. The van der Waals surface area contributed by atoms with Gasteiger partial charge in [0.1, 0.15) is 0 Å².